The Morgan fingerprint density at radius 3 is 2.72 bits per heavy atom. The van der Waals surface area contributed by atoms with Gasteiger partial charge in [-0.3, -0.25) is 9.10 Å². The SMILES string of the molecule is CCOC(=O)CN(c1ccc(O)c(Cl)c1)S(=O)(=O)C/C=C/c1cccc(C#N)c1. The summed E-state index contributed by atoms with van der Waals surface area (Å²) in [5.41, 5.74) is 1.25. The number of nitriles is 1. The van der Waals surface area contributed by atoms with E-state index in [0.717, 1.165) is 4.31 Å². The molecule has 0 fully saturated rings. The number of carbonyl (C=O) groups is 1. The lowest BCUT2D eigenvalue weighted by Crippen LogP contribution is -2.37. The van der Waals surface area contributed by atoms with Crippen LogP contribution >= 0.6 is 11.6 Å². The molecule has 152 valence electrons. The summed E-state index contributed by atoms with van der Waals surface area (Å²) < 4.78 is 31.5. The first-order chi connectivity index (χ1) is 13.8. The molecule has 0 saturated heterocycles. The largest absolute Gasteiger partial charge is 0.506 e. The Kier molecular flexibility index (Phi) is 7.65. The van der Waals surface area contributed by atoms with Crippen molar-refractivity contribution in [1.82, 2.24) is 0 Å². The van der Waals surface area contributed by atoms with Crippen molar-refractivity contribution in [3.63, 3.8) is 0 Å². The molecule has 0 saturated carbocycles. The van der Waals surface area contributed by atoms with Crippen molar-refractivity contribution in [2.75, 3.05) is 23.2 Å². The fourth-order valence-corrected chi connectivity index (χ4v) is 3.86. The minimum atomic E-state index is -3.96. The molecule has 7 nitrogen and oxygen atoms in total. The van der Waals surface area contributed by atoms with E-state index in [4.69, 9.17) is 21.6 Å². The van der Waals surface area contributed by atoms with Gasteiger partial charge in [0.1, 0.15) is 12.3 Å². The highest BCUT2D eigenvalue weighted by Crippen LogP contribution is 2.29. The molecule has 0 spiro atoms. The van der Waals surface area contributed by atoms with Crippen molar-refractivity contribution in [3.05, 3.63) is 64.7 Å². The summed E-state index contributed by atoms with van der Waals surface area (Å²) in [6.45, 7) is 1.19. The Bertz CT molecular complexity index is 1060. The standard InChI is InChI=1S/C20H19ClN2O5S/c1-2-28-20(25)14-23(17-8-9-19(24)18(21)12-17)29(26,27)10-4-7-15-5-3-6-16(11-15)13-22/h3-9,11-12,24H,2,10,14H2,1H3/b7-4+. The maximum Gasteiger partial charge on any atom is 0.326 e. The van der Waals surface area contributed by atoms with Crippen LogP contribution < -0.4 is 4.31 Å². The number of hydrogen-bond acceptors (Lipinski definition) is 6. The molecule has 0 bridgehead atoms. The number of hydrogen-bond donors (Lipinski definition) is 1. The highest BCUT2D eigenvalue weighted by Gasteiger charge is 2.25. The molecule has 9 heteroatoms. The molecule has 0 amide bonds. The third-order valence-electron chi connectivity index (χ3n) is 3.77. The van der Waals surface area contributed by atoms with E-state index in [2.05, 4.69) is 0 Å². The van der Waals surface area contributed by atoms with Crippen molar-refractivity contribution < 1.29 is 23.1 Å². The fraction of sp³-hybridized carbons (Fsp3) is 0.200. The van der Waals surface area contributed by atoms with Crippen LogP contribution in [-0.4, -0.2) is 38.4 Å². The van der Waals surface area contributed by atoms with Gasteiger partial charge in [0.25, 0.3) is 0 Å². The van der Waals surface area contributed by atoms with Crippen LogP contribution in [0.3, 0.4) is 0 Å². The van der Waals surface area contributed by atoms with Gasteiger partial charge in [-0.1, -0.05) is 35.9 Å². The van der Waals surface area contributed by atoms with Crippen LogP contribution in [0.4, 0.5) is 5.69 Å². The van der Waals surface area contributed by atoms with E-state index < -0.39 is 28.3 Å². The van der Waals surface area contributed by atoms with Crippen LogP contribution in [0.15, 0.2) is 48.5 Å². The van der Waals surface area contributed by atoms with Gasteiger partial charge in [-0.25, -0.2) is 8.42 Å². The summed E-state index contributed by atoms with van der Waals surface area (Å²) in [7, 11) is -3.96. The van der Waals surface area contributed by atoms with Crippen LogP contribution in [-0.2, 0) is 19.6 Å². The van der Waals surface area contributed by atoms with Crippen molar-refractivity contribution in [1.29, 1.82) is 5.26 Å². The number of carbonyl (C=O) groups excluding carboxylic acids is 1. The van der Waals surface area contributed by atoms with Gasteiger partial charge in [0.05, 0.1) is 34.7 Å². The Balaban J connectivity index is 2.29. The van der Waals surface area contributed by atoms with Gasteiger partial charge in [0.15, 0.2) is 0 Å². The highest BCUT2D eigenvalue weighted by atomic mass is 35.5. The van der Waals surface area contributed by atoms with Crippen LogP contribution in [0.5, 0.6) is 5.75 Å². The van der Waals surface area contributed by atoms with Crippen molar-refractivity contribution in [3.8, 4) is 11.8 Å². The number of halogens is 1. The number of phenolic OH excluding ortho intramolecular Hbond substituents is 1. The normalized spacial score (nSPS) is 11.2. The molecule has 0 heterocycles. The number of phenols is 1. The predicted octanol–water partition coefficient (Wildman–Crippen LogP) is 3.33. The minimum absolute atomic E-state index is 0.0459. The number of nitrogens with zero attached hydrogens (tertiary/aromatic N) is 2. The van der Waals surface area contributed by atoms with Crippen molar-refractivity contribution in [2.24, 2.45) is 0 Å². The van der Waals surface area contributed by atoms with E-state index in [1.807, 2.05) is 6.07 Å². The Morgan fingerprint density at radius 2 is 2.07 bits per heavy atom. The zero-order valence-corrected chi connectivity index (χ0v) is 17.2. The van der Waals surface area contributed by atoms with E-state index in [1.54, 1.807) is 37.3 Å². The van der Waals surface area contributed by atoms with Crippen LogP contribution in [0.1, 0.15) is 18.1 Å². The molecule has 2 aromatic carbocycles. The summed E-state index contributed by atoms with van der Waals surface area (Å²) in [6, 6.07) is 12.6. The van der Waals surface area contributed by atoms with E-state index in [0.29, 0.717) is 11.1 Å². The summed E-state index contributed by atoms with van der Waals surface area (Å²) >= 11 is 5.89. The monoisotopic (exact) mass is 434 g/mol. The molecule has 29 heavy (non-hydrogen) atoms. The number of rotatable bonds is 8. The molecule has 0 aromatic heterocycles. The average Bonchev–Trinajstić information content (AvgIpc) is 2.68. The number of ether oxygens (including phenoxy) is 1. The van der Waals surface area contributed by atoms with Gasteiger partial charge in [0, 0.05) is 0 Å². The highest BCUT2D eigenvalue weighted by molar-refractivity contribution is 7.93. The molecule has 0 unspecified atom stereocenters. The molecule has 1 N–H and O–H groups in total. The lowest BCUT2D eigenvalue weighted by Gasteiger charge is -2.23. The third-order valence-corrected chi connectivity index (χ3v) is 5.69. The van der Waals surface area contributed by atoms with Gasteiger partial charge in [-0.05, 0) is 42.8 Å². The van der Waals surface area contributed by atoms with Crippen LogP contribution in [0.25, 0.3) is 6.08 Å². The molecule has 0 aliphatic rings. The van der Waals surface area contributed by atoms with Gasteiger partial charge in [0.2, 0.25) is 10.0 Å². The zero-order valence-electron chi connectivity index (χ0n) is 15.6. The number of anilines is 1. The van der Waals surface area contributed by atoms with Crippen molar-refractivity contribution in [2.45, 2.75) is 6.92 Å². The lowest BCUT2D eigenvalue weighted by molar-refractivity contribution is -0.141. The Morgan fingerprint density at radius 1 is 1.31 bits per heavy atom. The van der Waals surface area contributed by atoms with Gasteiger partial charge in [-0.15, -0.1) is 0 Å². The summed E-state index contributed by atoms with van der Waals surface area (Å²) in [6.07, 6.45) is 3.00. The van der Waals surface area contributed by atoms with Crippen molar-refractivity contribution >= 4 is 39.4 Å². The lowest BCUT2D eigenvalue weighted by atomic mass is 10.1. The molecule has 0 atom stereocenters. The quantitative estimate of drug-likeness (QED) is 0.638. The summed E-state index contributed by atoms with van der Waals surface area (Å²) in [5.74, 6) is -1.33. The first kappa shape index (κ1) is 22.3. The Hall–Kier alpha value is -3.02. The van der Waals surface area contributed by atoms with E-state index in [-0.39, 0.29) is 23.1 Å². The smallest absolute Gasteiger partial charge is 0.326 e. The van der Waals surface area contributed by atoms with Gasteiger partial charge in [-0.2, -0.15) is 5.26 Å². The predicted molar refractivity (Wildman–Crippen MR) is 111 cm³/mol. The second-order valence-electron chi connectivity index (χ2n) is 5.87. The zero-order chi connectivity index (χ0) is 21.4. The molecule has 0 aliphatic heterocycles. The minimum Gasteiger partial charge on any atom is -0.506 e. The topological polar surface area (TPSA) is 108 Å². The maximum atomic E-state index is 12.9. The van der Waals surface area contributed by atoms with Gasteiger partial charge < -0.3 is 9.84 Å². The second kappa shape index (κ2) is 9.96. The summed E-state index contributed by atoms with van der Waals surface area (Å²) in [5, 5.41) is 18.5. The van der Waals surface area contributed by atoms with Gasteiger partial charge >= 0.3 is 5.97 Å². The third kappa shape index (κ3) is 6.24. The molecule has 2 rings (SSSR count). The molecule has 0 aliphatic carbocycles. The number of benzene rings is 2. The fourth-order valence-electron chi connectivity index (χ4n) is 2.43. The van der Waals surface area contributed by atoms with Crippen LogP contribution in [0.2, 0.25) is 5.02 Å². The second-order valence-corrected chi connectivity index (χ2v) is 8.21. The molecule has 2 aromatic rings. The molecular formula is C20H19ClN2O5S. The number of aromatic hydroxyl groups is 1. The van der Waals surface area contributed by atoms with Crippen LogP contribution in [0, 0.1) is 11.3 Å². The van der Waals surface area contributed by atoms with E-state index >= 15 is 0 Å². The molecular weight excluding hydrogens is 416 g/mol. The molecule has 0 radical (unpaired) electrons. The maximum absolute atomic E-state index is 12.9. The first-order valence-corrected chi connectivity index (χ1v) is 10.6. The Labute approximate surface area is 174 Å². The van der Waals surface area contributed by atoms with E-state index in [9.17, 15) is 18.3 Å². The summed E-state index contributed by atoms with van der Waals surface area (Å²) in [4.78, 5) is 11.9. The number of esters is 1. The first-order valence-electron chi connectivity index (χ1n) is 8.58. The van der Waals surface area contributed by atoms with E-state index in [1.165, 1.54) is 24.3 Å². The average molecular weight is 435 g/mol. The number of sulfonamides is 1.